The molecule has 0 aliphatic rings. The number of benzene rings is 3. The molecular weight excluding hydrogens is 551 g/mol. The summed E-state index contributed by atoms with van der Waals surface area (Å²) < 4.78 is 46.9. The van der Waals surface area contributed by atoms with E-state index in [1.165, 1.54) is 36.4 Å². The quantitative estimate of drug-likeness (QED) is 0.234. The summed E-state index contributed by atoms with van der Waals surface area (Å²) in [7, 11) is 0. The lowest BCUT2D eigenvalue weighted by atomic mass is 10.1. The molecule has 218 valence electrons. The number of alkyl halides is 3. The van der Waals surface area contributed by atoms with Crippen molar-refractivity contribution in [2.24, 2.45) is 0 Å². The molecule has 0 saturated carbocycles. The number of carbonyl (C=O) groups is 3. The zero-order valence-electron chi connectivity index (χ0n) is 23.0. The van der Waals surface area contributed by atoms with Crippen molar-refractivity contribution in [3.05, 3.63) is 107 Å². The van der Waals surface area contributed by atoms with Crippen LogP contribution in [0.3, 0.4) is 0 Å². The van der Waals surface area contributed by atoms with Gasteiger partial charge in [-0.1, -0.05) is 36.4 Å². The van der Waals surface area contributed by atoms with E-state index in [0.717, 1.165) is 4.68 Å². The van der Waals surface area contributed by atoms with Gasteiger partial charge in [-0.3, -0.25) is 9.59 Å². The molecule has 0 aliphatic carbocycles. The highest BCUT2D eigenvalue weighted by molar-refractivity contribution is 6.07. The fourth-order valence-corrected chi connectivity index (χ4v) is 3.82. The Morgan fingerprint density at radius 1 is 0.810 bits per heavy atom. The predicted octanol–water partition coefficient (Wildman–Crippen LogP) is 6.42. The minimum absolute atomic E-state index is 0.0233. The fourth-order valence-electron chi connectivity index (χ4n) is 3.82. The Labute approximate surface area is 239 Å². The van der Waals surface area contributed by atoms with Crippen molar-refractivity contribution in [2.75, 3.05) is 10.6 Å². The van der Waals surface area contributed by atoms with Crippen molar-refractivity contribution in [1.29, 1.82) is 0 Å². The van der Waals surface area contributed by atoms with E-state index in [-0.39, 0.29) is 23.5 Å². The van der Waals surface area contributed by atoms with Gasteiger partial charge in [-0.2, -0.15) is 18.3 Å². The predicted molar refractivity (Wildman–Crippen MR) is 150 cm³/mol. The van der Waals surface area contributed by atoms with E-state index in [2.05, 4.69) is 21.0 Å². The van der Waals surface area contributed by atoms with Gasteiger partial charge in [0.2, 0.25) is 0 Å². The van der Waals surface area contributed by atoms with Crippen LogP contribution in [0, 0.1) is 0 Å². The van der Waals surface area contributed by atoms with Crippen molar-refractivity contribution in [3.63, 3.8) is 0 Å². The molecule has 12 heteroatoms. The second kappa shape index (κ2) is 12.2. The van der Waals surface area contributed by atoms with Crippen LogP contribution in [0.4, 0.5) is 29.3 Å². The molecule has 0 radical (unpaired) electrons. The van der Waals surface area contributed by atoms with Gasteiger partial charge in [0, 0.05) is 29.5 Å². The Hall–Kier alpha value is -5.13. The molecule has 0 saturated heterocycles. The molecule has 1 aromatic heterocycles. The number of alkyl carbamates (subject to hydrolysis) is 1. The van der Waals surface area contributed by atoms with Crippen molar-refractivity contribution >= 4 is 29.3 Å². The van der Waals surface area contributed by atoms with Crippen LogP contribution >= 0.6 is 0 Å². The smallest absolute Gasteiger partial charge is 0.435 e. The van der Waals surface area contributed by atoms with E-state index in [1.807, 2.05) is 0 Å². The van der Waals surface area contributed by atoms with Gasteiger partial charge in [0.1, 0.15) is 11.3 Å². The standard InChI is InChI=1S/C30H28F3N5O4/c1-29(2,3)42-28(41)34-18-19-9-7-14-23(15-19)38-24(17-25(37-38)30(31,32)33)27(40)36-22-13-8-10-20(16-22)26(39)35-21-11-5-4-6-12-21/h4-17H,18H2,1-3H3,(H,34,41)(H,35,39)(H,36,40). The molecule has 0 spiro atoms. The van der Waals surface area contributed by atoms with Gasteiger partial charge >= 0.3 is 12.3 Å². The lowest BCUT2D eigenvalue weighted by Crippen LogP contribution is -2.32. The first-order valence-electron chi connectivity index (χ1n) is 12.8. The summed E-state index contributed by atoms with van der Waals surface area (Å²) in [4.78, 5) is 37.9. The largest absolute Gasteiger partial charge is 0.444 e. The maximum absolute atomic E-state index is 13.6. The highest BCUT2D eigenvalue weighted by Gasteiger charge is 2.36. The van der Waals surface area contributed by atoms with Gasteiger partial charge < -0.3 is 20.7 Å². The van der Waals surface area contributed by atoms with Crippen LogP contribution in [-0.4, -0.2) is 33.3 Å². The summed E-state index contributed by atoms with van der Waals surface area (Å²) in [5.74, 6) is -1.31. The normalized spacial score (nSPS) is 11.5. The van der Waals surface area contributed by atoms with Crippen LogP contribution in [0.25, 0.3) is 5.69 Å². The number of anilines is 2. The second-order valence-electron chi connectivity index (χ2n) is 10.2. The van der Waals surface area contributed by atoms with Crippen LogP contribution in [0.15, 0.2) is 84.9 Å². The lowest BCUT2D eigenvalue weighted by molar-refractivity contribution is -0.141. The summed E-state index contributed by atoms with van der Waals surface area (Å²) in [6, 6.07) is 21.6. The van der Waals surface area contributed by atoms with E-state index >= 15 is 0 Å². The third-order valence-corrected chi connectivity index (χ3v) is 5.64. The zero-order valence-corrected chi connectivity index (χ0v) is 23.0. The fraction of sp³-hybridized carbons (Fsp3) is 0.200. The summed E-state index contributed by atoms with van der Waals surface area (Å²) in [6.45, 7) is 5.16. The van der Waals surface area contributed by atoms with Crippen LogP contribution < -0.4 is 16.0 Å². The maximum Gasteiger partial charge on any atom is 0.435 e. The number of nitrogens with zero attached hydrogens (tertiary/aromatic N) is 2. The van der Waals surface area contributed by atoms with Crippen molar-refractivity contribution < 1.29 is 32.3 Å². The van der Waals surface area contributed by atoms with Crippen LogP contribution in [0.1, 0.15) is 52.9 Å². The molecule has 4 aromatic rings. The SMILES string of the molecule is CC(C)(C)OC(=O)NCc1cccc(-n2nc(C(F)(F)F)cc2C(=O)Nc2cccc(C(=O)Nc3ccccc3)c2)c1. The molecule has 3 N–H and O–H groups in total. The molecule has 0 bridgehead atoms. The average Bonchev–Trinajstić information content (AvgIpc) is 3.39. The molecule has 0 fully saturated rings. The molecule has 42 heavy (non-hydrogen) atoms. The van der Waals surface area contributed by atoms with Gasteiger partial charge in [-0.05, 0) is 68.8 Å². The molecule has 1 heterocycles. The molecule has 0 unspecified atom stereocenters. The number of amides is 3. The molecule has 3 aromatic carbocycles. The number of nitrogens with one attached hydrogen (secondary N) is 3. The summed E-state index contributed by atoms with van der Waals surface area (Å²) in [5.41, 5.74) is -0.670. The van der Waals surface area contributed by atoms with Crippen LogP contribution in [0.2, 0.25) is 0 Å². The van der Waals surface area contributed by atoms with E-state index < -0.39 is 41.1 Å². The van der Waals surface area contributed by atoms with E-state index in [1.54, 1.807) is 63.2 Å². The number of halogens is 3. The zero-order chi connectivity index (χ0) is 30.5. The monoisotopic (exact) mass is 579 g/mol. The van der Waals surface area contributed by atoms with Crippen LogP contribution in [-0.2, 0) is 17.5 Å². The molecule has 9 nitrogen and oxygen atoms in total. The summed E-state index contributed by atoms with van der Waals surface area (Å²) >= 11 is 0. The Morgan fingerprint density at radius 2 is 1.48 bits per heavy atom. The maximum atomic E-state index is 13.6. The van der Waals surface area contributed by atoms with E-state index in [4.69, 9.17) is 4.74 Å². The number of ether oxygens (including phenoxy) is 1. The average molecular weight is 580 g/mol. The second-order valence-corrected chi connectivity index (χ2v) is 10.2. The Morgan fingerprint density at radius 3 is 2.17 bits per heavy atom. The summed E-state index contributed by atoms with van der Waals surface area (Å²) in [6.07, 6.45) is -5.47. The van der Waals surface area contributed by atoms with Gasteiger partial charge in [-0.25, -0.2) is 9.48 Å². The molecule has 0 atom stereocenters. The Bertz CT molecular complexity index is 1590. The number of carbonyl (C=O) groups excluding carboxylic acids is 3. The third-order valence-electron chi connectivity index (χ3n) is 5.64. The van der Waals surface area contributed by atoms with Crippen molar-refractivity contribution in [1.82, 2.24) is 15.1 Å². The van der Waals surface area contributed by atoms with Gasteiger partial charge in [-0.15, -0.1) is 0 Å². The molecule has 4 rings (SSSR count). The third kappa shape index (κ3) is 7.96. The number of hydrogen-bond donors (Lipinski definition) is 3. The number of rotatable bonds is 7. The first-order chi connectivity index (χ1) is 19.8. The molecular formula is C30H28F3N5O4. The Balaban J connectivity index is 1.56. The minimum Gasteiger partial charge on any atom is -0.444 e. The topological polar surface area (TPSA) is 114 Å². The minimum atomic E-state index is -4.81. The lowest BCUT2D eigenvalue weighted by Gasteiger charge is -2.19. The first kappa shape index (κ1) is 29.8. The van der Waals surface area contributed by atoms with Gasteiger partial charge in [0.25, 0.3) is 11.8 Å². The van der Waals surface area contributed by atoms with Crippen molar-refractivity contribution in [3.8, 4) is 5.69 Å². The van der Waals surface area contributed by atoms with Crippen LogP contribution in [0.5, 0.6) is 0 Å². The van der Waals surface area contributed by atoms with Crippen molar-refractivity contribution in [2.45, 2.75) is 39.1 Å². The number of para-hydroxylation sites is 1. The number of hydrogen-bond acceptors (Lipinski definition) is 5. The van der Waals surface area contributed by atoms with E-state index in [9.17, 15) is 27.6 Å². The number of aromatic nitrogens is 2. The first-order valence-corrected chi connectivity index (χ1v) is 12.8. The van der Waals surface area contributed by atoms with Gasteiger partial charge in [0.05, 0.1) is 5.69 Å². The highest BCUT2D eigenvalue weighted by Crippen LogP contribution is 2.30. The Kier molecular flexibility index (Phi) is 8.65. The highest BCUT2D eigenvalue weighted by atomic mass is 19.4. The molecule has 0 aliphatic heterocycles. The molecule has 3 amide bonds. The van der Waals surface area contributed by atoms with Gasteiger partial charge in [0.15, 0.2) is 5.69 Å². The van der Waals surface area contributed by atoms with E-state index in [0.29, 0.717) is 17.3 Å². The summed E-state index contributed by atoms with van der Waals surface area (Å²) in [5, 5.41) is 11.5.